The number of carbonyl (C=O) groups is 1. The highest BCUT2D eigenvalue weighted by atomic mass is 32.2. The number of aromatic nitrogens is 2. The highest BCUT2D eigenvalue weighted by molar-refractivity contribution is 7.99. The SMILES string of the molecule is CCc1ccc(CN(C)C(=O)CSc2nnc(-c3ccccc3)o2)cc1. The average Bonchev–Trinajstić information content (AvgIpc) is 3.16. The predicted molar refractivity (Wildman–Crippen MR) is 103 cm³/mol. The van der Waals surface area contributed by atoms with Crippen LogP contribution in [0.15, 0.2) is 64.2 Å². The minimum atomic E-state index is 0.0222. The van der Waals surface area contributed by atoms with Crippen molar-refractivity contribution >= 4 is 17.7 Å². The van der Waals surface area contributed by atoms with Gasteiger partial charge in [-0.15, -0.1) is 10.2 Å². The molecule has 0 aliphatic carbocycles. The van der Waals surface area contributed by atoms with E-state index >= 15 is 0 Å². The molecular formula is C20H21N3O2S. The van der Waals surface area contributed by atoms with Crippen LogP contribution in [0.5, 0.6) is 0 Å². The van der Waals surface area contributed by atoms with Gasteiger partial charge in [0.2, 0.25) is 11.8 Å². The Kier molecular flexibility index (Phi) is 6.07. The molecule has 134 valence electrons. The summed E-state index contributed by atoms with van der Waals surface area (Å²) in [4.78, 5) is 14.0. The van der Waals surface area contributed by atoms with E-state index in [0.717, 1.165) is 17.5 Å². The Hall–Kier alpha value is -2.60. The van der Waals surface area contributed by atoms with Gasteiger partial charge in [0.1, 0.15) is 0 Å². The Bertz CT molecular complexity index is 847. The lowest BCUT2D eigenvalue weighted by Gasteiger charge is -2.16. The van der Waals surface area contributed by atoms with Gasteiger partial charge in [0.25, 0.3) is 5.22 Å². The number of rotatable bonds is 7. The fourth-order valence-corrected chi connectivity index (χ4v) is 3.15. The lowest BCUT2D eigenvalue weighted by atomic mass is 10.1. The zero-order chi connectivity index (χ0) is 18.4. The summed E-state index contributed by atoms with van der Waals surface area (Å²) < 4.78 is 5.61. The Morgan fingerprint density at radius 1 is 1.04 bits per heavy atom. The van der Waals surface area contributed by atoms with Crippen molar-refractivity contribution in [3.63, 3.8) is 0 Å². The van der Waals surface area contributed by atoms with Gasteiger partial charge >= 0.3 is 0 Å². The number of benzene rings is 2. The summed E-state index contributed by atoms with van der Waals surface area (Å²) in [5.74, 6) is 0.749. The topological polar surface area (TPSA) is 59.2 Å². The fourth-order valence-electron chi connectivity index (χ4n) is 2.44. The summed E-state index contributed by atoms with van der Waals surface area (Å²) in [5.41, 5.74) is 3.28. The van der Waals surface area contributed by atoms with Crippen LogP contribution in [0.2, 0.25) is 0 Å². The van der Waals surface area contributed by atoms with Crippen molar-refractivity contribution in [2.24, 2.45) is 0 Å². The minimum absolute atomic E-state index is 0.0222. The molecule has 3 aromatic rings. The van der Waals surface area contributed by atoms with Crippen LogP contribution in [0, 0.1) is 0 Å². The Morgan fingerprint density at radius 2 is 1.73 bits per heavy atom. The molecule has 0 spiro atoms. The first-order valence-corrected chi connectivity index (χ1v) is 9.47. The average molecular weight is 367 g/mol. The molecule has 2 aromatic carbocycles. The number of aryl methyl sites for hydroxylation is 1. The van der Waals surface area contributed by atoms with Crippen LogP contribution >= 0.6 is 11.8 Å². The number of hydrogen-bond donors (Lipinski definition) is 0. The van der Waals surface area contributed by atoms with Crippen LogP contribution in [0.1, 0.15) is 18.1 Å². The van der Waals surface area contributed by atoms with E-state index in [1.54, 1.807) is 11.9 Å². The van der Waals surface area contributed by atoms with E-state index in [1.807, 2.05) is 30.3 Å². The molecule has 0 aliphatic rings. The largest absolute Gasteiger partial charge is 0.411 e. The second kappa shape index (κ2) is 8.67. The van der Waals surface area contributed by atoms with Crippen LogP contribution in [-0.4, -0.2) is 33.8 Å². The van der Waals surface area contributed by atoms with E-state index in [9.17, 15) is 4.79 Å². The zero-order valence-electron chi connectivity index (χ0n) is 14.9. The van der Waals surface area contributed by atoms with E-state index in [-0.39, 0.29) is 11.7 Å². The van der Waals surface area contributed by atoms with Crippen LogP contribution < -0.4 is 0 Å². The van der Waals surface area contributed by atoms with Gasteiger partial charge in [0.05, 0.1) is 5.75 Å². The van der Waals surface area contributed by atoms with Gasteiger partial charge in [0, 0.05) is 19.2 Å². The Labute approximate surface area is 157 Å². The number of carbonyl (C=O) groups excluding carboxylic acids is 1. The maximum absolute atomic E-state index is 12.3. The van der Waals surface area contributed by atoms with Gasteiger partial charge in [0.15, 0.2) is 0 Å². The Morgan fingerprint density at radius 3 is 2.42 bits per heavy atom. The summed E-state index contributed by atoms with van der Waals surface area (Å²) in [5, 5.41) is 8.43. The van der Waals surface area contributed by atoms with Gasteiger partial charge in [-0.1, -0.05) is 61.2 Å². The van der Waals surface area contributed by atoms with Crippen LogP contribution in [0.4, 0.5) is 0 Å². The molecule has 3 rings (SSSR count). The van der Waals surface area contributed by atoms with Crippen molar-refractivity contribution in [3.8, 4) is 11.5 Å². The fraction of sp³-hybridized carbons (Fsp3) is 0.250. The third-order valence-electron chi connectivity index (χ3n) is 4.02. The molecule has 0 aliphatic heterocycles. The standard InChI is InChI=1S/C20H21N3O2S/c1-3-15-9-11-16(12-10-15)13-23(2)18(24)14-26-20-22-21-19(25-20)17-7-5-4-6-8-17/h4-12H,3,13-14H2,1-2H3. The first-order chi connectivity index (χ1) is 12.7. The zero-order valence-corrected chi connectivity index (χ0v) is 15.7. The summed E-state index contributed by atoms with van der Waals surface area (Å²) >= 11 is 1.26. The molecule has 6 heteroatoms. The van der Waals surface area contributed by atoms with Gasteiger partial charge < -0.3 is 9.32 Å². The van der Waals surface area contributed by atoms with E-state index in [1.165, 1.54) is 17.3 Å². The van der Waals surface area contributed by atoms with Crippen molar-refractivity contribution in [1.82, 2.24) is 15.1 Å². The first-order valence-electron chi connectivity index (χ1n) is 8.49. The molecule has 0 unspecified atom stereocenters. The van der Waals surface area contributed by atoms with Crippen molar-refractivity contribution < 1.29 is 9.21 Å². The number of nitrogens with zero attached hydrogens (tertiary/aromatic N) is 3. The lowest BCUT2D eigenvalue weighted by Crippen LogP contribution is -2.27. The van der Waals surface area contributed by atoms with Crippen molar-refractivity contribution in [1.29, 1.82) is 0 Å². The molecule has 26 heavy (non-hydrogen) atoms. The first kappa shape index (κ1) is 18.2. The van der Waals surface area contributed by atoms with Gasteiger partial charge in [-0.3, -0.25) is 4.79 Å². The second-order valence-corrected chi connectivity index (χ2v) is 6.87. The molecule has 0 bridgehead atoms. The van der Waals surface area contributed by atoms with Crippen molar-refractivity contribution in [3.05, 3.63) is 65.7 Å². The summed E-state index contributed by atoms with van der Waals surface area (Å²) in [6, 6.07) is 17.9. The number of hydrogen-bond acceptors (Lipinski definition) is 5. The minimum Gasteiger partial charge on any atom is -0.411 e. The van der Waals surface area contributed by atoms with E-state index in [4.69, 9.17) is 4.42 Å². The van der Waals surface area contributed by atoms with Crippen molar-refractivity contribution in [2.45, 2.75) is 25.1 Å². The monoisotopic (exact) mass is 367 g/mol. The summed E-state index contributed by atoms with van der Waals surface area (Å²) in [7, 11) is 1.81. The molecule has 0 radical (unpaired) electrons. The molecule has 1 amide bonds. The van der Waals surface area contributed by atoms with Crippen molar-refractivity contribution in [2.75, 3.05) is 12.8 Å². The van der Waals surface area contributed by atoms with E-state index in [0.29, 0.717) is 17.7 Å². The van der Waals surface area contributed by atoms with Gasteiger partial charge in [-0.25, -0.2) is 0 Å². The maximum Gasteiger partial charge on any atom is 0.277 e. The van der Waals surface area contributed by atoms with Gasteiger partial charge in [-0.2, -0.15) is 0 Å². The normalized spacial score (nSPS) is 10.7. The van der Waals surface area contributed by atoms with E-state index in [2.05, 4.69) is 41.4 Å². The maximum atomic E-state index is 12.3. The third kappa shape index (κ3) is 4.73. The van der Waals surface area contributed by atoms with E-state index < -0.39 is 0 Å². The van der Waals surface area contributed by atoms with Crippen LogP contribution in [-0.2, 0) is 17.8 Å². The summed E-state index contributed by atoms with van der Waals surface area (Å²) in [6.07, 6.45) is 1.01. The molecule has 0 fully saturated rings. The third-order valence-corrected chi connectivity index (χ3v) is 4.83. The molecule has 1 heterocycles. The molecule has 0 atom stereocenters. The molecule has 0 saturated heterocycles. The summed E-state index contributed by atoms with van der Waals surface area (Å²) in [6.45, 7) is 2.71. The second-order valence-electron chi connectivity index (χ2n) is 5.95. The van der Waals surface area contributed by atoms with Gasteiger partial charge in [-0.05, 0) is 29.7 Å². The molecule has 0 saturated carbocycles. The van der Waals surface area contributed by atoms with Crippen LogP contribution in [0.3, 0.4) is 0 Å². The van der Waals surface area contributed by atoms with Crippen LogP contribution in [0.25, 0.3) is 11.5 Å². The smallest absolute Gasteiger partial charge is 0.277 e. The highest BCUT2D eigenvalue weighted by Crippen LogP contribution is 2.23. The molecular weight excluding hydrogens is 346 g/mol. The predicted octanol–water partition coefficient (Wildman–Crippen LogP) is 4.05. The molecule has 5 nitrogen and oxygen atoms in total. The number of amides is 1. The number of thioether (sulfide) groups is 1. The molecule has 0 N–H and O–H groups in total. The quantitative estimate of drug-likeness (QED) is 0.590. The Balaban J connectivity index is 1.52. The highest BCUT2D eigenvalue weighted by Gasteiger charge is 2.14. The molecule has 1 aromatic heterocycles. The lowest BCUT2D eigenvalue weighted by molar-refractivity contribution is -0.127.